The van der Waals surface area contributed by atoms with Crippen LogP contribution in [0.15, 0.2) is 83.9 Å². The number of fused-ring (bicyclic) bond motifs is 1. The van der Waals surface area contributed by atoms with Crippen molar-refractivity contribution < 1.29 is 14.4 Å². The van der Waals surface area contributed by atoms with Crippen LogP contribution in [-0.4, -0.2) is 59.5 Å². The number of carbonyl (C=O) groups excluding carboxylic acids is 3. The fourth-order valence-corrected chi connectivity index (χ4v) is 5.41. The fraction of sp³-hybridized carbons (Fsp3) is 0.214. The van der Waals surface area contributed by atoms with Gasteiger partial charge in [-0.05, 0) is 25.0 Å². The minimum Gasteiger partial charge on any atom is -0.320 e. The van der Waals surface area contributed by atoms with Crippen molar-refractivity contribution in [3.63, 3.8) is 0 Å². The van der Waals surface area contributed by atoms with E-state index in [4.69, 9.17) is 10.7 Å². The van der Waals surface area contributed by atoms with Gasteiger partial charge < -0.3 is 5.73 Å². The van der Waals surface area contributed by atoms with Crippen LogP contribution in [0.4, 0.5) is 16.2 Å². The highest BCUT2D eigenvalue weighted by Gasteiger charge is 2.67. The number of nitrogens with zero attached hydrogens (tertiary/aromatic N) is 5. The molecule has 2 N–H and O–H groups in total. The highest BCUT2D eigenvalue weighted by Crippen LogP contribution is 2.47. The Hall–Kier alpha value is -4.34. The minimum absolute atomic E-state index is 0.350. The molecule has 0 aromatic heterocycles. The molecule has 0 radical (unpaired) electrons. The Labute approximate surface area is 214 Å². The second kappa shape index (κ2) is 8.36. The topological polar surface area (TPSA) is 99.3 Å². The number of hydrazine groups is 1. The number of likely N-dealkylation sites (N-methyl/N-ethyl adjacent to an activating group) is 1. The first kappa shape index (κ1) is 23.1. The van der Waals surface area contributed by atoms with Gasteiger partial charge in [-0.1, -0.05) is 71.8 Å². The molecule has 1 saturated heterocycles. The van der Waals surface area contributed by atoms with Crippen molar-refractivity contribution in [1.29, 1.82) is 0 Å². The van der Waals surface area contributed by atoms with E-state index in [0.29, 0.717) is 35.6 Å². The summed E-state index contributed by atoms with van der Waals surface area (Å²) in [6.07, 6.45) is -0.622. The van der Waals surface area contributed by atoms with Crippen LogP contribution < -0.4 is 15.2 Å². The van der Waals surface area contributed by atoms with Crippen LogP contribution in [0.3, 0.4) is 0 Å². The largest absolute Gasteiger partial charge is 0.391 e. The summed E-state index contributed by atoms with van der Waals surface area (Å²) in [5.41, 5.74) is 10.4. The maximum absolute atomic E-state index is 14.2. The molecule has 9 heteroatoms. The van der Waals surface area contributed by atoms with Gasteiger partial charge in [-0.3, -0.25) is 9.69 Å². The van der Waals surface area contributed by atoms with Gasteiger partial charge in [-0.2, -0.15) is 0 Å². The van der Waals surface area contributed by atoms with E-state index in [2.05, 4.69) is 0 Å². The van der Waals surface area contributed by atoms with Crippen LogP contribution in [0.5, 0.6) is 0 Å². The molecule has 4 heterocycles. The predicted octanol–water partition coefficient (Wildman–Crippen LogP) is 2.83. The molecular formula is C28H27N6O3+. The lowest BCUT2D eigenvalue weighted by molar-refractivity contribution is -0.166. The number of amides is 4. The summed E-state index contributed by atoms with van der Waals surface area (Å²) in [5, 5.41) is 2.40. The first-order valence-electron chi connectivity index (χ1n) is 12.3. The van der Waals surface area contributed by atoms with Crippen LogP contribution in [0.2, 0.25) is 0 Å². The van der Waals surface area contributed by atoms with Gasteiger partial charge in [0.25, 0.3) is 6.17 Å². The van der Waals surface area contributed by atoms with Gasteiger partial charge in [0, 0.05) is 18.2 Å². The SMILES string of the molecule is C[C@H](N)C(=O)N1N2C(=O)N(CCc3ccccc3)c3cccc4c3C(c3ccccc3)=NC2C(=O)[N@@+]41C. The van der Waals surface area contributed by atoms with Gasteiger partial charge in [0.15, 0.2) is 5.69 Å². The Morgan fingerprint density at radius 1 is 1.00 bits per heavy atom. The average molecular weight is 496 g/mol. The van der Waals surface area contributed by atoms with E-state index in [0.717, 1.165) is 11.1 Å². The number of rotatable bonds is 5. The van der Waals surface area contributed by atoms with Crippen molar-refractivity contribution in [3.05, 3.63) is 95.6 Å². The summed E-state index contributed by atoms with van der Waals surface area (Å²) < 4.78 is -0.535. The number of quaternary nitrogens is 1. The van der Waals surface area contributed by atoms with Gasteiger partial charge in [0.2, 0.25) is 0 Å². The summed E-state index contributed by atoms with van der Waals surface area (Å²) in [5.74, 6) is -0.928. The minimum atomic E-state index is -1.21. The molecule has 3 atom stereocenters. The zero-order valence-electron chi connectivity index (χ0n) is 20.6. The summed E-state index contributed by atoms with van der Waals surface area (Å²) in [6, 6.07) is 23.6. The maximum atomic E-state index is 14.2. The first-order valence-corrected chi connectivity index (χ1v) is 12.3. The van der Waals surface area contributed by atoms with Crippen molar-refractivity contribution in [2.24, 2.45) is 10.7 Å². The van der Waals surface area contributed by atoms with E-state index in [9.17, 15) is 14.4 Å². The third kappa shape index (κ3) is 3.24. The molecule has 186 valence electrons. The molecule has 0 spiro atoms. The summed E-state index contributed by atoms with van der Waals surface area (Å²) in [6.45, 7) is 1.90. The van der Waals surface area contributed by atoms with E-state index in [1.54, 1.807) is 18.9 Å². The molecule has 9 nitrogen and oxygen atoms in total. The number of anilines is 1. The van der Waals surface area contributed by atoms with Crippen molar-refractivity contribution in [2.45, 2.75) is 25.6 Å². The Morgan fingerprint density at radius 3 is 2.35 bits per heavy atom. The van der Waals surface area contributed by atoms with E-state index in [1.165, 1.54) is 10.1 Å². The molecule has 7 rings (SSSR count). The zero-order chi connectivity index (χ0) is 25.9. The molecular weight excluding hydrogens is 468 g/mol. The quantitative estimate of drug-likeness (QED) is 0.550. The van der Waals surface area contributed by atoms with Crippen molar-refractivity contribution >= 4 is 34.9 Å². The van der Waals surface area contributed by atoms with E-state index < -0.39 is 34.6 Å². The Bertz CT molecular complexity index is 1460. The zero-order valence-corrected chi connectivity index (χ0v) is 20.6. The van der Waals surface area contributed by atoms with Gasteiger partial charge in [-0.15, -0.1) is 9.60 Å². The van der Waals surface area contributed by atoms with Crippen LogP contribution in [0, 0.1) is 0 Å². The highest BCUT2D eigenvalue weighted by molar-refractivity contribution is 6.25. The first-order chi connectivity index (χ1) is 17.8. The van der Waals surface area contributed by atoms with Crippen molar-refractivity contribution in [1.82, 2.24) is 14.7 Å². The molecule has 4 aliphatic rings. The third-order valence-electron chi connectivity index (χ3n) is 7.26. The predicted molar refractivity (Wildman–Crippen MR) is 140 cm³/mol. The number of nitrogens with two attached hydrogens (primary N) is 1. The number of benzene rings is 3. The second-order valence-electron chi connectivity index (χ2n) is 9.62. The van der Waals surface area contributed by atoms with E-state index in [1.807, 2.05) is 78.9 Å². The number of hydrogen-bond acceptors (Lipinski definition) is 5. The molecule has 4 aliphatic heterocycles. The number of aliphatic imine (C=N–C) groups is 1. The highest BCUT2D eigenvalue weighted by atomic mass is 16.3. The van der Waals surface area contributed by atoms with Gasteiger partial charge in [0.1, 0.15) is 7.05 Å². The van der Waals surface area contributed by atoms with Gasteiger partial charge >= 0.3 is 17.8 Å². The number of urea groups is 1. The molecule has 0 saturated carbocycles. The lowest BCUT2D eigenvalue weighted by Crippen LogP contribution is -2.68. The van der Waals surface area contributed by atoms with E-state index >= 15 is 0 Å². The molecule has 4 amide bonds. The Balaban J connectivity index is 1.62. The van der Waals surface area contributed by atoms with Crippen LogP contribution in [0.1, 0.15) is 23.6 Å². The van der Waals surface area contributed by atoms with Gasteiger partial charge in [0.05, 0.1) is 23.0 Å². The summed E-state index contributed by atoms with van der Waals surface area (Å²) in [7, 11) is 1.63. The second-order valence-corrected chi connectivity index (χ2v) is 9.62. The average Bonchev–Trinajstić information content (AvgIpc) is 3.07. The lowest BCUT2D eigenvalue weighted by atomic mass is 9.96. The van der Waals surface area contributed by atoms with E-state index in [-0.39, 0.29) is 0 Å². The van der Waals surface area contributed by atoms with Crippen LogP contribution in [-0.2, 0) is 16.0 Å². The summed E-state index contributed by atoms with van der Waals surface area (Å²) in [4.78, 5) is 48.3. The monoisotopic (exact) mass is 495 g/mol. The standard InChI is InChI=1S/C28H27N6O3/c1-18(29)26(35)33-32-25-27(36)34(33,2)22-15-9-14-21(23(22)24(30-25)20-12-7-4-8-13-20)31(28(32)37)17-16-19-10-5-3-6-11-19/h3-15,18,25H,16-17,29H2,1-2H3/q+1/t18-,25?,34+/m0/s1. The molecule has 1 unspecified atom stereocenters. The molecule has 3 aromatic carbocycles. The van der Waals surface area contributed by atoms with Crippen molar-refractivity contribution in [2.75, 3.05) is 18.5 Å². The molecule has 1 fully saturated rings. The molecule has 0 aliphatic carbocycles. The number of hydrogen-bond donors (Lipinski definition) is 1. The van der Waals surface area contributed by atoms with Crippen LogP contribution >= 0.6 is 0 Å². The Kier molecular flexibility index (Phi) is 5.22. The number of carbonyl (C=O) groups is 3. The lowest BCUT2D eigenvalue weighted by Gasteiger charge is -2.42. The molecule has 6 bridgehead atoms. The third-order valence-corrected chi connectivity index (χ3v) is 7.26. The normalized spacial score (nSPS) is 22.6. The van der Waals surface area contributed by atoms with Gasteiger partial charge in [-0.25, -0.2) is 14.6 Å². The summed E-state index contributed by atoms with van der Waals surface area (Å²) >= 11 is 0. The maximum Gasteiger partial charge on any atom is 0.391 e. The molecule has 37 heavy (non-hydrogen) atoms. The molecule has 3 aromatic rings. The fourth-order valence-electron chi connectivity index (χ4n) is 5.41. The van der Waals surface area contributed by atoms with Crippen LogP contribution in [0.25, 0.3) is 0 Å². The van der Waals surface area contributed by atoms with Crippen molar-refractivity contribution in [3.8, 4) is 0 Å². The Morgan fingerprint density at radius 2 is 1.68 bits per heavy atom. The smallest absolute Gasteiger partial charge is 0.320 e.